The third-order valence-electron chi connectivity index (χ3n) is 5.02. The summed E-state index contributed by atoms with van der Waals surface area (Å²) in [4.78, 5) is 17.0. The zero-order chi connectivity index (χ0) is 21.5. The summed E-state index contributed by atoms with van der Waals surface area (Å²) >= 11 is 4.58. The van der Waals surface area contributed by atoms with Crippen molar-refractivity contribution in [2.24, 2.45) is 5.73 Å². The van der Waals surface area contributed by atoms with E-state index in [1.807, 2.05) is 54.6 Å². The van der Waals surface area contributed by atoms with Gasteiger partial charge in [0.05, 0.1) is 11.5 Å². The largest absolute Gasteiger partial charge is 0.438 e. The molecule has 0 bridgehead atoms. The van der Waals surface area contributed by atoms with E-state index in [4.69, 9.17) is 10.5 Å². The van der Waals surface area contributed by atoms with Gasteiger partial charge in [-0.3, -0.25) is 9.17 Å². The average molecular weight is 492 g/mol. The quantitative estimate of drug-likeness (QED) is 0.382. The number of nitrogens with one attached hydrogen (secondary N) is 2. The van der Waals surface area contributed by atoms with E-state index in [1.165, 1.54) is 0 Å². The number of H-pyrrole nitrogens is 1. The van der Waals surface area contributed by atoms with Crippen molar-refractivity contribution in [2.45, 2.75) is 5.92 Å². The van der Waals surface area contributed by atoms with Crippen LogP contribution in [0, 0.1) is 11.3 Å². The number of aromatic amines is 1. The lowest BCUT2D eigenvalue weighted by molar-refractivity contribution is 0.399. The highest BCUT2D eigenvalue weighted by Crippen LogP contribution is 2.49. The van der Waals surface area contributed by atoms with Gasteiger partial charge in [-0.1, -0.05) is 57.8 Å². The summed E-state index contributed by atoms with van der Waals surface area (Å²) in [5.74, 6) is 0.367. The van der Waals surface area contributed by atoms with Gasteiger partial charge in [0.15, 0.2) is 11.3 Å². The van der Waals surface area contributed by atoms with Crippen molar-refractivity contribution in [1.29, 1.82) is 5.26 Å². The van der Waals surface area contributed by atoms with E-state index >= 15 is 0 Å². The summed E-state index contributed by atoms with van der Waals surface area (Å²) in [5, 5.41) is 13.2. The summed E-state index contributed by atoms with van der Waals surface area (Å²) in [6.07, 6.45) is 0. The molecule has 31 heavy (non-hydrogen) atoms. The van der Waals surface area contributed by atoms with Crippen LogP contribution in [0.3, 0.4) is 0 Å². The van der Waals surface area contributed by atoms with Crippen molar-refractivity contribution in [3.05, 3.63) is 92.0 Å². The zero-order valence-corrected chi connectivity index (χ0v) is 18.3. The van der Waals surface area contributed by atoms with Gasteiger partial charge < -0.3 is 15.8 Å². The van der Waals surface area contributed by atoms with Gasteiger partial charge in [-0.25, -0.2) is 4.98 Å². The van der Waals surface area contributed by atoms with E-state index in [0.29, 0.717) is 21.8 Å². The van der Waals surface area contributed by atoms with Gasteiger partial charge >= 0.3 is 0 Å². The summed E-state index contributed by atoms with van der Waals surface area (Å²) in [6, 6.07) is 19.3. The van der Waals surface area contributed by atoms with Crippen LogP contribution in [0.5, 0.6) is 5.75 Å². The first kappa shape index (κ1) is 19.4. The molecule has 0 fully saturated rings. The molecule has 1 atom stereocenters. The van der Waals surface area contributed by atoms with E-state index in [9.17, 15) is 10.1 Å². The van der Waals surface area contributed by atoms with E-state index in [1.54, 1.807) is 0 Å². The number of allylic oxidation sites excluding steroid dienone is 1. The lowest BCUT2D eigenvalue weighted by atomic mass is 9.83. The van der Waals surface area contributed by atoms with E-state index < -0.39 is 5.92 Å². The van der Waals surface area contributed by atoms with Crippen LogP contribution < -0.4 is 21.3 Å². The Morgan fingerprint density at radius 3 is 2.65 bits per heavy atom. The van der Waals surface area contributed by atoms with Gasteiger partial charge in [0, 0.05) is 10.2 Å². The number of aromatic nitrogens is 2. The molecule has 0 spiro atoms. The molecule has 1 aliphatic rings. The van der Waals surface area contributed by atoms with Crippen molar-refractivity contribution in [1.82, 2.24) is 9.36 Å². The molecule has 0 amide bonds. The van der Waals surface area contributed by atoms with Crippen LogP contribution in [0.4, 0.5) is 11.5 Å². The number of rotatable bonds is 3. The Bertz CT molecular complexity index is 1440. The smallest absolute Gasteiger partial charge is 0.284 e. The Labute approximate surface area is 189 Å². The normalized spacial score (nSPS) is 15.3. The number of halogens is 1. The van der Waals surface area contributed by atoms with Gasteiger partial charge in [-0.2, -0.15) is 5.26 Å². The lowest BCUT2D eigenvalue weighted by Gasteiger charge is -2.28. The van der Waals surface area contributed by atoms with Gasteiger partial charge in [-0.05, 0) is 29.8 Å². The van der Waals surface area contributed by atoms with Gasteiger partial charge in [0.2, 0.25) is 5.88 Å². The number of nitrogens with two attached hydrogens (primary N) is 1. The highest BCUT2D eigenvalue weighted by Gasteiger charge is 2.36. The van der Waals surface area contributed by atoms with Crippen LogP contribution in [0.25, 0.3) is 10.2 Å². The second-order valence-corrected chi connectivity index (χ2v) is 8.61. The molecule has 3 heterocycles. The Hall–Kier alpha value is -3.61. The molecule has 0 saturated carbocycles. The maximum absolute atomic E-state index is 12.4. The van der Waals surface area contributed by atoms with Crippen LogP contribution >= 0.6 is 27.5 Å². The number of benzene rings is 2. The molecule has 152 valence electrons. The van der Waals surface area contributed by atoms with Crippen molar-refractivity contribution in [3.63, 3.8) is 0 Å². The molecule has 2 aromatic heterocycles. The standard InChI is InChI=1S/C22H14BrN5O2S/c23-12-8-6-11(7-9-12)15-14(10-24)20(25)30-18-16(15)21(26-13-4-2-1-3-5-13)27-17-19(18)31-28-22(17)29/h1-9,15H,25H2,(H,26,27)(H,28,29). The minimum Gasteiger partial charge on any atom is -0.438 e. The Balaban J connectivity index is 1.82. The molecule has 0 saturated heterocycles. The van der Waals surface area contributed by atoms with Crippen LogP contribution in [0.1, 0.15) is 17.0 Å². The third-order valence-corrected chi connectivity index (χ3v) is 6.42. The summed E-state index contributed by atoms with van der Waals surface area (Å²) in [7, 11) is 0. The number of nitrogens with zero attached hydrogens (tertiary/aromatic N) is 2. The summed E-state index contributed by atoms with van der Waals surface area (Å²) < 4.78 is 10.1. The number of para-hydroxylation sites is 1. The fourth-order valence-corrected chi connectivity index (χ4v) is 4.67. The molecule has 4 aromatic rings. The number of pyridine rings is 1. The summed E-state index contributed by atoms with van der Waals surface area (Å²) in [6.45, 7) is 0. The topological polar surface area (TPSA) is 117 Å². The first-order valence-electron chi connectivity index (χ1n) is 9.27. The van der Waals surface area contributed by atoms with Crippen LogP contribution in [0.2, 0.25) is 0 Å². The average Bonchev–Trinajstić information content (AvgIpc) is 3.15. The molecule has 1 unspecified atom stereocenters. The number of anilines is 2. The molecule has 2 aromatic carbocycles. The van der Waals surface area contributed by atoms with Crippen molar-refractivity contribution in [2.75, 3.05) is 5.32 Å². The molecule has 7 nitrogen and oxygen atoms in total. The fraction of sp³-hybridized carbons (Fsp3) is 0.0455. The molecule has 0 radical (unpaired) electrons. The summed E-state index contributed by atoms with van der Waals surface area (Å²) in [5.41, 5.74) is 8.69. The van der Waals surface area contributed by atoms with Crippen molar-refractivity contribution >= 4 is 49.2 Å². The molecular weight excluding hydrogens is 478 g/mol. The monoisotopic (exact) mass is 491 g/mol. The molecular formula is C22H14BrN5O2S. The van der Waals surface area contributed by atoms with Gasteiger partial charge in [0.1, 0.15) is 22.2 Å². The second-order valence-electron chi connectivity index (χ2n) is 6.88. The lowest BCUT2D eigenvalue weighted by Crippen LogP contribution is -2.23. The maximum Gasteiger partial charge on any atom is 0.284 e. The Morgan fingerprint density at radius 1 is 1.19 bits per heavy atom. The molecule has 9 heteroatoms. The predicted molar refractivity (Wildman–Crippen MR) is 123 cm³/mol. The Kier molecular flexibility index (Phi) is 4.73. The predicted octanol–water partition coefficient (Wildman–Crippen LogP) is 4.71. The fourth-order valence-electron chi connectivity index (χ4n) is 3.64. The zero-order valence-electron chi connectivity index (χ0n) is 15.8. The van der Waals surface area contributed by atoms with Gasteiger partial charge in [-0.15, -0.1) is 0 Å². The van der Waals surface area contributed by atoms with Crippen molar-refractivity contribution < 1.29 is 4.74 Å². The van der Waals surface area contributed by atoms with Crippen LogP contribution in [-0.2, 0) is 0 Å². The molecule has 4 N–H and O–H groups in total. The van der Waals surface area contributed by atoms with E-state index in [0.717, 1.165) is 27.3 Å². The maximum atomic E-state index is 12.4. The first-order valence-corrected chi connectivity index (χ1v) is 10.9. The minimum atomic E-state index is -0.512. The van der Waals surface area contributed by atoms with Crippen LogP contribution in [-0.4, -0.2) is 9.36 Å². The number of hydrogen-bond acceptors (Lipinski definition) is 7. The number of ether oxygens (including phenoxy) is 1. The third kappa shape index (κ3) is 3.26. The number of hydrogen-bond donors (Lipinski definition) is 3. The van der Waals surface area contributed by atoms with Crippen LogP contribution in [0.15, 0.2) is 75.3 Å². The highest BCUT2D eigenvalue weighted by molar-refractivity contribution is 9.10. The first-order chi connectivity index (χ1) is 15.1. The molecule has 5 rings (SSSR count). The molecule has 0 aliphatic carbocycles. The number of fused-ring (bicyclic) bond motifs is 3. The van der Waals surface area contributed by atoms with E-state index in [2.05, 4.69) is 36.7 Å². The second kappa shape index (κ2) is 7.58. The SMILES string of the molecule is N#CC1=C(N)Oc2c(c(Nc3ccccc3)nc3c(=O)[nH]sc23)C1c1ccc(Br)cc1. The number of nitriles is 1. The molecule has 1 aliphatic heterocycles. The van der Waals surface area contributed by atoms with Crippen molar-refractivity contribution in [3.8, 4) is 11.8 Å². The Morgan fingerprint density at radius 2 is 1.94 bits per heavy atom. The highest BCUT2D eigenvalue weighted by atomic mass is 79.9. The van der Waals surface area contributed by atoms with E-state index in [-0.39, 0.29) is 22.5 Å². The minimum absolute atomic E-state index is 0.0157. The van der Waals surface area contributed by atoms with Gasteiger partial charge in [0.25, 0.3) is 5.56 Å².